The molecule has 18 heavy (non-hydrogen) atoms. The molecule has 1 aromatic rings. The van der Waals surface area contributed by atoms with E-state index >= 15 is 0 Å². The molecule has 1 aliphatic rings. The van der Waals surface area contributed by atoms with Gasteiger partial charge in [0.1, 0.15) is 0 Å². The van der Waals surface area contributed by atoms with Crippen molar-refractivity contribution in [3.63, 3.8) is 0 Å². The van der Waals surface area contributed by atoms with Gasteiger partial charge in [-0.15, -0.1) is 0 Å². The molecular weight excluding hydrogens is 228 g/mol. The van der Waals surface area contributed by atoms with Crippen LogP contribution in [0.3, 0.4) is 0 Å². The second-order valence-electron chi connectivity index (χ2n) is 5.79. The van der Waals surface area contributed by atoms with E-state index in [-0.39, 0.29) is 5.69 Å². The summed E-state index contributed by atoms with van der Waals surface area (Å²) in [5.74, 6) is -0.978. The number of rotatable bonds is 3. The van der Waals surface area contributed by atoms with E-state index in [1.54, 1.807) is 12.1 Å². The SMILES string of the molecule is CC1(C)CCC(Nc2cccnc2C(=O)O)CC1. The van der Waals surface area contributed by atoms with Gasteiger partial charge < -0.3 is 10.4 Å². The van der Waals surface area contributed by atoms with Gasteiger partial charge in [-0.05, 0) is 43.2 Å². The second-order valence-corrected chi connectivity index (χ2v) is 5.79. The van der Waals surface area contributed by atoms with Crippen molar-refractivity contribution in [1.82, 2.24) is 4.98 Å². The molecule has 2 rings (SSSR count). The number of carboxylic acids is 1. The molecule has 1 heterocycles. The average molecular weight is 248 g/mol. The van der Waals surface area contributed by atoms with Crippen LogP contribution in [0.25, 0.3) is 0 Å². The van der Waals surface area contributed by atoms with E-state index < -0.39 is 5.97 Å². The molecule has 0 bridgehead atoms. The zero-order valence-corrected chi connectivity index (χ0v) is 10.9. The summed E-state index contributed by atoms with van der Waals surface area (Å²) in [5.41, 5.74) is 1.17. The highest BCUT2D eigenvalue weighted by molar-refractivity contribution is 5.91. The van der Waals surface area contributed by atoms with Crippen molar-refractivity contribution in [2.45, 2.75) is 45.6 Å². The Morgan fingerprint density at radius 2 is 2.11 bits per heavy atom. The maximum atomic E-state index is 11.1. The lowest BCUT2D eigenvalue weighted by Crippen LogP contribution is -2.30. The molecule has 0 aromatic carbocycles. The second kappa shape index (κ2) is 4.96. The van der Waals surface area contributed by atoms with E-state index in [1.807, 2.05) is 0 Å². The Balaban J connectivity index is 2.04. The minimum absolute atomic E-state index is 0.113. The van der Waals surface area contributed by atoms with Crippen molar-refractivity contribution in [2.24, 2.45) is 5.41 Å². The maximum absolute atomic E-state index is 11.1. The maximum Gasteiger partial charge on any atom is 0.356 e. The van der Waals surface area contributed by atoms with Gasteiger partial charge in [0.2, 0.25) is 0 Å². The van der Waals surface area contributed by atoms with Crippen molar-refractivity contribution < 1.29 is 9.90 Å². The van der Waals surface area contributed by atoms with Crippen LogP contribution in [0.1, 0.15) is 50.0 Å². The van der Waals surface area contributed by atoms with E-state index in [0.29, 0.717) is 17.1 Å². The first-order valence-electron chi connectivity index (χ1n) is 6.43. The highest BCUT2D eigenvalue weighted by Crippen LogP contribution is 2.36. The van der Waals surface area contributed by atoms with E-state index in [2.05, 4.69) is 24.1 Å². The summed E-state index contributed by atoms with van der Waals surface area (Å²) in [6.07, 6.45) is 6.03. The van der Waals surface area contributed by atoms with Gasteiger partial charge >= 0.3 is 5.97 Å². The summed E-state index contributed by atoms with van der Waals surface area (Å²) in [7, 11) is 0. The van der Waals surface area contributed by atoms with Crippen LogP contribution in [0.2, 0.25) is 0 Å². The molecule has 4 heteroatoms. The molecule has 1 aliphatic carbocycles. The van der Waals surface area contributed by atoms with Crippen LogP contribution in [0, 0.1) is 5.41 Å². The Hall–Kier alpha value is -1.58. The molecule has 0 aliphatic heterocycles. The normalized spacial score (nSPS) is 19.4. The molecule has 1 aromatic heterocycles. The van der Waals surface area contributed by atoms with Gasteiger partial charge in [-0.1, -0.05) is 13.8 Å². The smallest absolute Gasteiger partial charge is 0.356 e. The van der Waals surface area contributed by atoms with Crippen LogP contribution >= 0.6 is 0 Å². The zero-order valence-electron chi connectivity index (χ0n) is 10.9. The number of nitrogens with zero attached hydrogens (tertiary/aromatic N) is 1. The van der Waals surface area contributed by atoms with Gasteiger partial charge in [0.15, 0.2) is 5.69 Å². The number of nitrogens with one attached hydrogen (secondary N) is 1. The lowest BCUT2D eigenvalue weighted by atomic mass is 9.75. The number of aromatic nitrogens is 1. The summed E-state index contributed by atoms with van der Waals surface area (Å²) in [6, 6.07) is 3.91. The number of carboxylic acid groups (broad SMARTS) is 1. The molecule has 2 N–H and O–H groups in total. The number of pyridine rings is 1. The lowest BCUT2D eigenvalue weighted by Gasteiger charge is -2.35. The standard InChI is InChI=1S/C14H20N2O2/c1-14(2)7-5-10(6-8-14)16-11-4-3-9-15-12(11)13(17)18/h3-4,9-10,16H,5-8H2,1-2H3,(H,17,18). The van der Waals surface area contributed by atoms with Gasteiger partial charge in [-0.3, -0.25) is 0 Å². The predicted octanol–water partition coefficient (Wildman–Crippen LogP) is 3.16. The highest BCUT2D eigenvalue weighted by atomic mass is 16.4. The molecule has 0 radical (unpaired) electrons. The average Bonchev–Trinajstić information content (AvgIpc) is 2.32. The minimum atomic E-state index is -0.978. The molecule has 0 spiro atoms. The summed E-state index contributed by atoms with van der Waals surface area (Å²) in [5, 5.41) is 12.4. The molecule has 1 saturated carbocycles. The van der Waals surface area contributed by atoms with Gasteiger partial charge in [0.05, 0.1) is 5.69 Å². The van der Waals surface area contributed by atoms with Crippen LogP contribution in [0.5, 0.6) is 0 Å². The summed E-state index contributed by atoms with van der Waals surface area (Å²) in [6.45, 7) is 4.58. The Labute approximate surface area is 107 Å². The summed E-state index contributed by atoms with van der Waals surface area (Å²) >= 11 is 0. The minimum Gasteiger partial charge on any atom is -0.476 e. The monoisotopic (exact) mass is 248 g/mol. The molecule has 4 nitrogen and oxygen atoms in total. The summed E-state index contributed by atoms with van der Waals surface area (Å²) < 4.78 is 0. The number of carbonyl (C=O) groups is 1. The van der Waals surface area contributed by atoms with E-state index in [0.717, 1.165) is 12.8 Å². The number of anilines is 1. The fourth-order valence-corrected chi connectivity index (χ4v) is 2.46. The molecular formula is C14H20N2O2. The van der Waals surface area contributed by atoms with Gasteiger partial charge in [-0.25, -0.2) is 9.78 Å². The molecule has 0 atom stereocenters. The third kappa shape index (κ3) is 3.00. The van der Waals surface area contributed by atoms with E-state index in [1.165, 1.54) is 19.0 Å². The molecule has 0 amide bonds. The molecule has 1 fully saturated rings. The number of hydrogen-bond donors (Lipinski definition) is 2. The largest absolute Gasteiger partial charge is 0.476 e. The van der Waals surface area contributed by atoms with Crippen LogP contribution in [0.4, 0.5) is 5.69 Å². The highest BCUT2D eigenvalue weighted by Gasteiger charge is 2.27. The van der Waals surface area contributed by atoms with Crippen molar-refractivity contribution in [3.05, 3.63) is 24.0 Å². The van der Waals surface area contributed by atoms with Crippen LogP contribution in [0.15, 0.2) is 18.3 Å². The predicted molar refractivity (Wildman–Crippen MR) is 70.9 cm³/mol. The van der Waals surface area contributed by atoms with E-state index in [9.17, 15) is 4.79 Å². The quantitative estimate of drug-likeness (QED) is 0.862. The lowest BCUT2D eigenvalue weighted by molar-refractivity contribution is 0.0691. The molecule has 0 unspecified atom stereocenters. The van der Waals surface area contributed by atoms with Gasteiger partial charge in [0.25, 0.3) is 0 Å². The molecule has 0 saturated heterocycles. The topological polar surface area (TPSA) is 62.2 Å². The van der Waals surface area contributed by atoms with Crippen LogP contribution in [-0.4, -0.2) is 22.1 Å². The Kier molecular flexibility index (Phi) is 3.55. The van der Waals surface area contributed by atoms with Crippen molar-refractivity contribution in [1.29, 1.82) is 0 Å². The Bertz CT molecular complexity index is 433. The first kappa shape index (κ1) is 12.9. The van der Waals surface area contributed by atoms with Crippen LogP contribution < -0.4 is 5.32 Å². The zero-order chi connectivity index (χ0) is 13.2. The van der Waals surface area contributed by atoms with Gasteiger partial charge in [0, 0.05) is 12.2 Å². The third-order valence-corrected chi connectivity index (χ3v) is 3.71. The fourth-order valence-electron chi connectivity index (χ4n) is 2.46. The van der Waals surface area contributed by atoms with E-state index in [4.69, 9.17) is 5.11 Å². The number of hydrogen-bond acceptors (Lipinski definition) is 3. The summed E-state index contributed by atoms with van der Waals surface area (Å²) in [4.78, 5) is 15.0. The van der Waals surface area contributed by atoms with Gasteiger partial charge in [-0.2, -0.15) is 0 Å². The van der Waals surface area contributed by atoms with Crippen molar-refractivity contribution in [3.8, 4) is 0 Å². The van der Waals surface area contributed by atoms with Crippen molar-refractivity contribution >= 4 is 11.7 Å². The molecule has 98 valence electrons. The third-order valence-electron chi connectivity index (χ3n) is 3.71. The van der Waals surface area contributed by atoms with Crippen molar-refractivity contribution in [2.75, 3.05) is 5.32 Å². The Morgan fingerprint density at radius 1 is 1.44 bits per heavy atom. The van der Waals surface area contributed by atoms with Crippen LogP contribution in [-0.2, 0) is 0 Å². The Morgan fingerprint density at radius 3 is 2.72 bits per heavy atom. The first-order valence-corrected chi connectivity index (χ1v) is 6.43. The fraction of sp³-hybridized carbons (Fsp3) is 0.571. The number of aromatic carboxylic acids is 1. The first-order chi connectivity index (χ1) is 8.48.